The van der Waals surface area contributed by atoms with Crippen molar-refractivity contribution in [2.45, 2.75) is 19.9 Å². The molecule has 0 fully saturated rings. The van der Waals surface area contributed by atoms with E-state index < -0.39 is 35.4 Å². The first-order valence-corrected chi connectivity index (χ1v) is 4.92. The minimum Gasteiger partial charge on any atom is -0.480 e. The zero-order valence-corrected chi connectivity index (χ0v) is 9.58. The van der Waals surface area contributed by atoms with E-state index in [4.69, 9.17) is 5.11 Å². The van der Waals surface area contributed by atoms with Crippen LogP contribution in [-0.4, -0.2) is 23.0 Å². The number of carbonyl (C=O) groups excluding carboxylic acids is 1. The SMILES string of the molecule is CC(=O)N(c1cc(F)c(F)c(F)c1)[C@@H](C)C(=O)O. The number of carbonyl (C=O) groups is 2. The summed E-state index contributed by atoms with van der Waals surface area (Å²) in [5, 5.41) is 8.80. The van der Waals surface area contributed by atoms with E-state index in [1.54, 1.807) is 0 Å². The molecule has 1 amide bonds. The number of halogens is 3. The minimum absolute atomic E-state index is 0.353. The molecule has 18 heavy (non-hydrogen) atoms. The smallest absolute Gasteiger partial charge is 0.326 e. The molecule has 0 radical (unpaired) electrons. The molecule has 0 aliphatic heterocycles. The largest absolute Gasteiger partial charge is 0.480 e. The van der Waals surface area contributed by atoms with Gasteiger partial charge >= 0.3 is 5.97 Å². The van der Waals surface area contributed by atoms with Gasteiger partial charge in [0.2, 0.25) is 5.91 Å². The summed E-state index contributed by atoms with van der Waals surface area (Å²) in [5.74, 6) is -6.74. The van der Waals surface area contributed by atoms with Gasteiger partial charge in [-0.1, -0.05) is 0 Å². The van der Waals surface area contributed by atoms with E-state index in [1.165, 1.54) is 6.92 Å². The number of rotatable bonds is 3. The molecule has 0 unspecified atom stereocenters. The Morgan fingerprint density at radius 1 is 1.22 bits per heavy atom. The Hall–Kier alpha value is -2.05. The highest BCUT2D eigenvalue weighted by molar-refractivity contribution is 5.97. The van der Waals surface area contributed by atoms with E-state index in [9.17, 15) is 22.8 Å². The van der Waals surface area contributed by atoms with Crippen molar-refractivity contribution in [3.63, 3.8) is 0 Å². The predicted octanol–water partition coefficient (Wildman–Crippen LogP) is 1.93. The maximum absolute atomic E-state index is 13.0. The Labute approximate surface area is 101 Å². The van der Waals surface area contributed by atoms with Crippen LogP contribution in [0.2, 0.25) is 0 Å². The third-order valence-electron chi connectivity index (χ3n) is 2.33. The highest BCUT2D eigenvalue weighted by atomic mass is 19.2. The van der Waals surface area contributed by atoms with Crippen molar-refractivity contribution in [2.24, 2.45) is 0 Å². The minimum atomic E-state index is -1.68. The number of nitrogens with zero attached hydrogens (tertiary/aromatic N) is 1. The average Bonchev–Trinajstić information content (AvgIpc) is 2.25. The van der Waals surface area contributed by atoms with Crippen LogP contribution in [0.5, 0.6) is 0 Å². The quantitative estimate of drug-likeness (QED) is 0.846. The van der Waals surface area contributed by atoms with Crippen LogP contribution in [0, 0.1) is 17.5 Å². The lowest BCUT2D eigenvalue weighted by Gasteiger charge is -2.25. The fourth-order valence-corrected chi connectivity index (χ4v) is 1.47. The lowest BCUT2D eigenvalue weighted by molar-refractivity contribution is -0.139. The number of anilines is 1. The normalized spacial score (nSPS) is 12.1. The highest BCUT2D eigenvalue weighted by Gasteiger charge is 2.26. The molecule has 0 aromatic heterocycles. The second-order valence-corrected chi connectivity index (χ2v) is 3.63. The van der Waals surface area contributed by atoms with E-state index in [2.05, 4.69) is 0 Å². The standard InChI is InChI=1S/C11H10F3NO3/c1-5(11(17)18)15(6(2)16)7-3-8(12)10(14)9(13)4-7/h3-5H,1-2H3,(H,17,18)/t5-/m0/s1. The third-order valence-corrected chi connectivity index (χ3v) is 2.33. The number of hydrogen-bond acceptors (Lipinski definition) is 2. The highest BCUT2D eigenvalue weighted by Crippen LogP contribution is 2.23. The van der Waals surface area contributed by atoms with Crippen LogP contribution in [0.1, 0.15) is 13.8 Å². The monoisotopic (exact) mass is 261 g/mol. The zero-order chi connectivity index (χ0) is 14.0. The fourth-order valence-electron chi connectivity index (χ4n) is 1.47. The topological polar surface area (TPSA) is 57.6 Å². The van der Waals surface area contributed by atoms with Gasteiger partial charge in [-0.05, 0) is 6.92 Å². The van der Waals surface area contributed by atoms with E-state index in [1.807, 2.05) is 0 Å². The molecule has 1 atom stereocenters. The summed E-state index contributed by atoms with van der Waals surface area (Å²) in [6.45, 7) is 2.21. The molecule has 1 aromatic carbocycles. The summed E-state index contributed by atoms with van der Waals surface area (Å²) in [7, 11) is 0. The maximum Gasteiger partial charge on any atom is 0.326 e. The fraction of sp³-hybridized carbons (Fsp3) is 0.273. The molecule has 7 heteroatoms. The van der Waals surface area contributed by atoms with Crippen molar-refractivity contribution < 1.29 is 27.9 Å². The van der Waals surface area contributed by atoms with Gasteiger partial charge in [-0.3, -0.25) is 9.69 Å². The van der Waals surface area contributed by atoms with Crippen molar-refractivity contribution >= 4 is 17.6 Å². The molecule has 1 rings (SSSR count). The Morgan fingerprint density at radius 3 is 2.00 bits per heavy atom. The molecule has 0 bridgehead atoms. The molecule has 4 nitrogen and oxygen atoms in total. The molecule has 0 aliphatic rings. The van der Waals surface area contributed by atoms with Gasteiger partial charge in [-0.25, -0.2) is 18.0 Å². The molecule has 0 heterocycles. The second kappa shape index (κ2) is 5.07. The third kappa shape index (κ3) is 2.61. The lowest BCUT2D eigenvalue weighted by atomic mass is 10.2. The van der Waals surface area contributed by atoms with E-state index >= 15 is 0 Å². The van der Waals surface area contributed by atoms with Gasteiger partial charge in [0.05, 0.1) is 5.69 Å². The maximum atomic E-state index is 13.0. The van der Waals surface area contributed by atoms with Crippen LogP contribution in [0.4, 0.5) is 18.9 Å². The number of amides is 1. The van der Waals surface area contributed by atoms with Crippen molar-refractivity contribution in [2.75, 3.05) is 4.90 Å². The molecule has 0 saturated heterocycles. The molecule has 1 N–H and O–H groups in total. The summed E-state index contributed by atoms with van der Waals surface area (Å²) in [4.78, 5) is 22.8. The summed E-state index contributed by atoms with van der Waals surface area (Å²) in [5.41, 5.74) is -0.353. The zero-order valence-electron chi connectivity index (χ0n) is 9.58. The number of carboxylic acids is 1. The van der Waals surface area contributed by atoms with Gasteiger partial charge in [0.25, 0.3) is 0 Å². The summed E-state index contributed by atoms with van der Waals surface area (Å²) in [6, 6.07) is -0.190. The molecule has 0 spiro atoms. The summed E-state index contributed by atoms with van der Waals surface area (Å²) < 4.78 is 38.8. The Morgan fingerprint density at radius 2 is 1.67 bits per heavy atom. The van der Waals surface area contributed by atoms with E-state index in [0.29, 0.717) is 17.0 Å². The van der Waals surface area contributed by atoms with Crippen molar-refractivity contribution in [3.8, 4) is 0 Å². The van der Waals surface area contributed by atoms with Gasteiger partial charge in [0.1, 0.15) is 6.04 Å². The van der Waals surface area contributed by atoms with Crippen molar-refractivity contribution in [1.29, 1.82) is 0 Å². The van der Waals surface area contributed by atoms with Crippen LogP contribution in [0.25, 0.3) is 0 Å². The summed E-state index contributed by atoms with van der Waals surface area (Å²) >= 11 is 0. The molecule has 0 aliphatic carbocycles. The Bertz CT molecular complexity index is 481. The number of aliphatic carboxylic acids is 1. The average molecular weight is 261 g/mol. The van der Waals surface area contributed by atoms with Crippen LogP contribution >= 0.6 is 0 Å². The first-order chi connectivity index (χ1) is 8.25. The molecular weight excluding hydrogens is 251 g/mol. The number of hydrogen-bond donors (Lipinski definition) is 1. The van der Waals surface area contributed by atoms with Crippen LogP contribution in [0.3, 0.4) is 0 Å². The number of benzene rings is 1. The van der Waals surface area contributed by atoms with Gasteiger partial charge in [-0.15, -0.1) is 0 Å². The van der Waals surface area contributed by atoms with E-state index in [-0.39, 0.29) is 5.69 Å². The second-order valence-electron chi connectivity index (χ2n) is 3.63. The van der Waals surface area contributed by atoms with Crippen molar-refractivity contribution in [3.05, 3.63) is 29.6 Å². The Kier molecular flexibility index (Phi) is 3.95. The van der Waals surface area contributed by atoms with Crippen LogP contribution in [0.15, 0.2) is 12.1 Å². The molecule has 0 saturated carbocycles. The first kappa shape index (κ1) is 14.0. The van der Waals surface area contributed by atoms with Gasteiger partial charge < -0.3 is 5.11 Å². The summed E-state index contributed by atoms with van der Waals surface area (Å²) in [6.07, 6.45) is 0. The van der Waals surface area contributed by atoms with Crippen molar-refractivity contribution in [1.82, 2.24) is 0 Å². The van der Waals surface area contributed by atoms with Gasteiger partial charge in [0, 0.05) is 19.1 Å². The van der Waals surface area contributed by atoms with Crippen LogP contribution < -0.4 is 4.90 Å². The molecular formula is C11H10F3NO3. The van der Waals surface area contributed by atoms with E-state index in [0.717, 1.165) is 6.92 Å². The molecule has 1 aromatic rings. The Balaban J connectivity index is 3.31. The lowest BCUT2D eigenvalue weighted by Crippen LogP contribution is -2.42. The van der Waals surface area contributed by atoms with Gasteiger partial charge in [0.15, 0.2) is 17.5 Å². The predicted molar refractivity (Wildman–Crippen MR) is 56.6 cm³/mol. The van der Waals surface area contributed by atoms with Crippen LogP contribution in [-0.2, 0) is 9.59 Å². The van der Waals surface area contributed by atoms with Gasteiger partial charge in [-0.2, -0.15) is 0 Å². The molecule has 98 valence electrons. The number of carboxylic acid groups (broad SMARTS) is 1. The first-order valence-electron chi connectivity index (χ1n) is 4.92.